The first-order chi connectivity index (χ1) is 19.0. The molecule has 0 aliphatic carbocycles. The van der Waals surface area contributed by atoms with Gasteiger partial charge in [-0.3, -0.25) is 4.79 Å². The second-order valence-corrected chi connectivity index (χ2v) is 15.0. The third-order valence-electron chi connectivity index (χ3n) is 7.63. The molecule has 0 unspecified atom stereocenters. The largest absolute Gasteiger partial charge is 0.330 e. The Balaban J connectivity index is 1.50. The standard InChI is InChI=1S/C33H38N2O3S2/c1-23(2)21-34(40(37,38)30-12-8-10-24-9-6-7-11-27(24)30)22-31(36)35-19-17-29-28(18-20-39-29)32(35)25-13-15-26(16-14-25)33(3,4)5/h6-16,18,20,23,32H,17,19,21-22H2,1-5H3/t32-/m1/s1. The summed E-state index contributed by atoms with van der Waals surface area (Å²) in [6.07, 6.45) is 0.773. The van der Waals surface area contributed by atoms with Crippen molar-refractivity contribution in [3.63, 3.8) is 0 Å². The molecule has 3 aromatic carbocycles. The van der Waals surface area contributed by atoms with Gasteiger partial charge in [0, 0.05) is 23.4 Å². The fraction of sp³-hybridized carbons (Fsp3) is 0.364. The van der Waals surface area contributed by atoms with E-state index < -0.39 is 10.0 Å². The molecular weight excluding hydrogens is 537 g/mol. The van der Waals surface area contributed by atoms with Crippen molar-refractivity contribution >= 4 is 38.0 Å². The molecule has 210 valence electrons. The van der Waals surface area contributed by atoms with Gasteiger partial charge in [-0.05, 0) is 57.3 Å². The van der Waals surface area contributed by atoms with Crippen LogP contribution in [-0.2, 0) is 26.7 Å². The Morgan fingerprint density at radius 3 is 2.40 bits per heavy atom. The molecule has 1 aliphatic heterocycles. The molecule has 5 nitrogen and oxygen atoms in total. The third-order valence-corrected chi connectivity index (χ3v) is 10.5. The number of hydrogen-bond acceptors (Lipinski definition) is 4. The molecule has 1 atom stereocenters. The van der Waals surface area contributed by atoms with Crippen molar-refractivity contribution in [1.82, 2.24) is 9.21 Å². The zero-order valence-corrected chi connectivity index (χ0v) is 25.6. The van der Waals surface area contributed by atoms with Crippen LogP contribution in [0.15, 0.2) is 83.1 Å². The fourth-order valence-corrected chi connectivity index (χ4v) is 8.24. The Kier molecular flexibility index (Phi) is 7.92. The highest BCUT2D eigenvalue weighted by Crippen LogP contribution is 2.39. The number of rotatable bonds is 7. The minimum atomic E-state index is -3.92. The monoisotopic (exact) mass is 574 g/mol. The Morgan fingerprint density at radius 2 is 1.70 bits per heavy atom. The number of sulfonamides is 1. The predicted octanol–water partition coefficient (Wildman–Crippen LogP) is 7.02. The summed E-state index contributed by atoms with van der Waals surface area (Å²) in [6, 6.07) is 23.2. The molecule has 0 fully saturated rings. The maximum absolute atomic E-state index is 14.1. The number of carbonyl (C=O) groups is 1. The minimum Gasteiger partial charge on any atom is -0.330 e. The van der Waals surface area contributed by atoms with Crippen LogP contribution in [0.3, 0.4) is 0 Å². The molecule has 0 N–H and O–H groups in total. The molecule has 0 radical (unpaired) electrons. The van der Waals surface area contributed by atoms with E-state index in [1.165, 1.54) is 14.7 Å². The van der Waals surface area contributed by atoms with Crippen LogP contribution in [0, 0.1) is 5.92 Å². The summed E-state index contributed by atoms with van der Waals surface area (Å²) >= 11 is 1.73. The number of nitrogens with zero attached hydrogens (tertiary/aromatic N) is 2. The van der Waals surface area contributed by atoms with Crippen LogP contribution in [0.2, 0.25) is 0 Å². The Labute approximate surface area is 242 Å². The zero-order valence-electron chi connectivity index (χ0n) is 23.9. The predicted molar refractivity (Wildman–Crippen MR) is 164 cm³/mol. The van der Waals surface area contributed by atoms with Crippen LogP contribution in [0.5, 0.6) is 0 Å². The highest BCUT2D eigenvalue weighted by atomic mass is 32.2. The zero-order chi connectivity index (χ0) is 28.7. The van der Waals surface area contributed by atoms with E-state index in [2.05, 4.69) is 56.5 Å². The summed E-state index contributed by atoms with van der Waals surface area (Å²) in [4.78, 5) is 17.5. The van der Waals surface area contributed by atoms with Crippen LogP contribution in [0.25, 0.3) is 10.8 Å². The molecule has 1 aromatic heterocycles. The molecule has 7 heteroatoms. The first-order valence-electron chi connectivity index (χ1n) is 13.9. The van der Waals surface area contributed by atoms with E-state index >= 15 is 0 Å². The first kappa shape index (κ1) is 28.5. The van der Waals surface area contributed by atoms with Crippen LogP contribution in [-0.4, -0.2) is 43.2 Å². The summed E-state index contributed by atoms with van der Waals surface area (Å²) < 4.78 is 29.6. The molecule has 4 aromatic rings. The van der Waals surface area contributed by atoms with E-state index in [1.807, 2.05) is 49.1 Å². The number of fused-ring (bicyclic) bond motifs is 2. The van der Waals surface area contributed by atoms with Gasteiger partial charge in [-0.25, -0.2) is 8.42 Å². The summed E-state index contributed by atoms with van der Waals surface area (Å²) in [5.74, 6) is -0.116. The van der Waals surface area contributed by atoms with Crippen LogP contribution < -0.4 is 0 Å². The SMILES string of the molecule is CC(C)CN(CC(=O)N1CCc2sccc2[C@H]1c1ccc(C(C)(C)C)cc1)S(=O)(=O)c1cccc2ccccc12. The first-order valence-corrected chi connectivity index (χ1v) is 16.2. The molecule has 1 aliphatic rings. The lowest BCUT2D eigenvalue weighted by atomic mass is 9.85. The van der Waals surface area contributed by atoms with Gasteiger partial charge in [0.15, 0.2) is 0 Å². The average Bonchev–Trinajstić information content (AvgIpc) is 3.40. The van der Waals surface area contributed by atoms with Gasteiger partial charge in [-0.2, -0.15) is 4.31 Å². The van der Waals surface area contributed by atoms with Gasteiger partial charge < -0.3 is 4.90 Å². The average molecular weight is 575 g/mol. The van der Waals surface area contributed by atoms with Crippen molar-refractivity contribution < 1.29 is 13.2 Å². The highest BCUT2D eigenvalue weighted by molar-refractivity contribution is 7.89. The Morgan fingerprint density at radius 1 is 1.00 bits per heavy atom. The molecule has 2 heterocycles. The topological polar surface area (TPSA) is 57.7 Å². The molecule has 5 rings (SSSR count). The number of benzene rings is 3. The summed E-state index contributed by atoms with van der Waals surface area (Å²) in [6.45, 7) is 11.2. The van der Waals surface area contributed by atoms with Crippen molar-refractivity contribution in [2.45, 2.75) is 57.4 Å². The lowest BCUT2D eigenvalue weighted by Crippen LogP contribution is -2.47. The molecule has 40 heavy (non-hydrogen) atoms. The lowest BCUT2D eigenvalue weighted by molar-refractivity contribution is -0.133. The normalized spacial score (nSPS) is 16.1. The smallest absolute Gasteiger partial charge is 0.244 e. The number of thiophene rings is 1. The number of hydrogen-bond donors (Lipinski definition) is 0. The van der Waals surface area contributed by atoms with E-state index in [-0.39, 0.29) is 41.3 Å². The van der Waals surface area contributed by atoms with Crippen LogP contribution >= 0.6 is 11.3 Å². The summed E-state index contributed by atoms with van der Waals surface area (Å²) in [5.41, 5.74) is 3.45. The van der Waals surface area contributed by atoms with Crippen molar-refractivity contribution in [2.24, 2.45) is 5.92 Å². The van der Waals surface area contributed by atoms with Crippen molar-refractivity contribution in [2.75, 3.05) is 19.6 Å². The van der Waals surface area contributed by atoms with E-state index in [0.717, 1.165) is 22.9 Å². The van der Waals surface area contributed by atoms with Gasteiger partial charge in [0.05, 0.1) is 17.5 Å². The molecule has 0 spiro atoms. The third kappa shape index (κ3) is 5.60. The maximum Gasteiger partial charge on any atom is 0.244 e. The molecule has 0 saturated carbocycles. The van der Waals surface area contributed by atoms with E-state index in [0.29, 0.717) is 11.9 Å². The molecule has 0 bridgehead atoms. The minimum absolute atomic E-state index is 0.0292. The van der Waals surface area contributed by atoms with Gasteiger partial charge in [0.25, 0.3) is 0 Å². The fourth-order valence-electron chi connectivity index (χ4n) is 5.57. The van der Waals surface area contributed by atoms with Crippen LogP contribution in [0.4, 0.5) is 0 Å². The number of carbonyl (C=O) groups excluding carboxylic acids is 1. The van der Waals surface area contributed by atoms with Gasteiger partial charge in [0.1, 0.15) is 0 Å². The maximum atomic E-state index is 14.1. The quantitative estimate of drug-likeness (QED) is 0.238. The highest BCUT2D eigenvalue weighted by Gasteiger charge is 2.36. The van der Waals surface area contributed by atoms with Gasteiger partial charge >= 0.3 is 0 Å². The van der Waals surface area contributed by atoms with E-state index in [4.69, 9.17) is 0 Å². The van der Waals surface area contributed by atoms with Crippen molar-refractivity contribution in [1.29, 1.82) is 0 Å². The van der Waals surface area contributed by atoms with Crippen molar-refractivity contribution in [3.8, 4) is 0 Å². The van der Waals surface area contributed by atoms with Gasteiger partial charge in [0.2, 0.25) is 15.9 Å². The number of amides is 1. The summed E-state index contributed by atoms with van der Waals surface area (Å²) in [5, 5.41) is 3.62. The van der Waals surface area contributed by atoms with E-state index in [9.17, 15) is 13.2 Å². The Hall–Kier alpha value is -3.00. The van der Waals surface area contributed by atoms with Gasteiger partial charge in [-0.15, -0.1) is 11.3 Å². The van der Waals surface area contributed by atoms with Crippen molar-refractivity contribution in [3.05, 3.63) is 99.7 Å². The Bertz CT molecular complexity index is 1610. The van der Waals surface area contributed by atoms with E-state index in [1.54, 1.807) is 23.5 Å². The summed E-state index contributed by atoms with van der Waals surface area (Å²) in [7, 11) is -3.92. The van der Waals surface area contributed by atoms with Crippen LogP contribution in [0.1, 0.15) is 62.2 Å². The molecule has 1 amide bonds. The molecular formula is C33H38N2O3S2. The second kappa shape index (κ2) is 11.1. The second-order valence-electron chi connectivity index (χ2n) is 12.1. The molecule has 0 saturated heterocycles. The van der Waals surface area contributed by atoms with Gasteiger partial charge in [-0.1, -0.05) is 95.3 Å². The lowest BCUT2D eigenvalue weighted by Gasteiger charge is -2.38.